The van der Waals surface area contributed by atoms with E-state index in [-0.39, 0.29) is 0 Å². The van der Waals surface area contributed by atoms with Crippen LogP contribution in [0.3, 0.4) is 0 Å². The minimum absolute atomic E-state index is 0.836. The molecule has 88 valence electrons. The van der Waals surface area contributed by atoms with Crippen LogP contribution in [0.4, 0.5) is 0 Å². The fraction of sp³-hybridized carbons (Fsp3) is 0.571. The quantitative estimate of drug-likeness (QED) is 0.833. The summed E-state index contributed by atoms with van der Waals surface area (Å²) in [7, 11) is 2.22. The van der Waals surface area contributed by atoms with Crippen molar-refractivity contribution in [1.29, 1.82) is 0 Å². The van der Waals surface area contributed by atoms with Crippen LogP contribution in [-0.4, -0.2) is 31.6 Å². The van der Waals surface area contributed by atoms with E-state index in [1.807, 2.05) is 0 Å². The Morgan fingerprint density at radius 2 is 2.12 bits per heavy atom. The summed E-state index contributed by atoms with van der Waals surface area (Å²) >= 11 is 0. The van der Waals surface area contributed by atoms with Crippen LogP contribution in [0.25, 0.3) is 0 Å². The van der Waals surface area contributed by atoms with Crippen molar-refractivity contribution in [2.75, 3.05) is 26.7 Å². The molecule has 0 amide bonds. The van der Waals surface area contributed by atoms with Gasteiger partial charge in [-0.15, -0.1) is 0 Å². The summed E-state index contributed by atoms with van der Waals surface area (Å²) in [6.07, 6.45) is 2.72. The Morgan fingerprint density at radius 1 is 1.31 bits per heavy atom. The van der Waals surface area contributed by atoms with Crippen LogP contribution < -0.4 is 5.32 Å². The minimum atomic E-state index is 0.836. The van der Waals surface area contributed by atoms with E-state index in [0.29, 0.717) is 0 Å². The Labute approximate surface area is 98.7 Å². The van der Waals surface area contributed by atoms with Crippen LogP contribution >= 0.6 is 0 Å². The molecule has 0 aromatic heterocycles. The van der Waals surface area contributed by atoms with Crippen molar-refractivity contribution in [2.45, 2.75) is 19.4 Å². The SMILES string of the molecule is CN(Cc1ccccc1)C[C@@H]1CCCNC1. The molecule has 1 heterocycles. The van der Waals surface area contributed by atoms with Crippen molar-refractivity contribution in [2.24, 2.45) is 5.92 Å². The normalized spacial score (nSPS) is 21.2. The Hall–Kier alpha value is -0.860. The second-order valence-corrected chi connectivity index (χ2v) is 4.89. The van der Waals surface area contributed by atoms with Crippen LogP contribution in [-0.2, 0) is 6.54 Å². The Balaban J connectivity index is 1.77. The van der Waals surface area contributed by atoms with Crippen molar-refractivity contribution in [3.8, 4) is 0 Å². The van der Waals surface area contributed by atoms with Crippen molar-refractivity contribution in [3.05, 3.63) is 35.9 Å². The molecule has 0 spiro atoms. The summed E-state index contributed by atoms with van der Waals surface area (Å²) < 4.78 is 0. The maximum atomic E-state index is 3.48. The highest BCUT2D eigenvalue weighted by molar-refractivity contribution is 5.14. The number of hydrogen-bond donors (Lipinski definition) is 1. The van der Waals surface area contributed by atoms with E-state index in [1.165, 1.54) is 38.0 Å². The number of rotatable bonds is 4. The largest absolute Gasteiger partial charge is 0.316 e. The average molecular weight is 218 g/mol. The fourth-order valence-electron chi connectivity index (χ4n) is 2.48. The second kappa shape index (κ2) is 6.02. The molecule has 1 aliphatic heterocycles. The van der Waals surface area contributed by atoms with Crippen molar-refractivity contribution in [3.63, 3.8) is 0 Å². The van der Waals surface area contributed by atoms with Crippen LogP contribution in [0.1, 0.15) is 18.4 Å². The molecule has 2 nitrogen and oxygen atoms in total. The van der Waals surface area contributed by atoms with E-state index in [9.17, 15) is 0 Å². The lowest BCUT2D eigenvalue weighted by molar-refractivity contribution is 0.237. The van der Waals surface area contributed by atoms with E-state index >= 15 is 0 Å². The maximum absolute atomic E-state index is 3.48. The summed E-state index contributed by atoms with van der Waals surface area (Å²) in [6, 6.07) is 10.7. The monoisotopic (exact) mass is 218 g/mol. The predicted molar refractivity (Wildman–Crippen MR) is 68.4 cm³/mol. The first-order chi connectivity index (χ1) is 7.84. The molecule has 16 heavy (non-hydrogen) atoms. The lowest BCUT2D eigenvalue weighted by Gasteiger charge is -2.27. The van der Waals surface area contributed by atoms with E-state index in [0.717, 1.165) is 12.5 Å². The standard InChI is InChI=1S/C14H22N2/c1-16(11-13-6-3-2-4-7-13)12-14-8-5-9-15-10-14/h2-4,6-7,14-15H,5,8-12H2,1H3/t14-/m1/s1. The molecule has 0 aliphatic carbocycles. The van der Waals surface area contributed by atoms with Gasteiger partial charge in [-0.25, -0.2) is 0 Å². The van der Waals surface area contributed by atoms with Gasteiger partial charge in [0.2, 0.25) is 0 Å². The smallest absolute Gasteiger partial charge is 0.0230 e. The Kier molecular flexibility index (Phi) is 4.37. The third-order valence-corrected chi connectivity index (χ3v) is 3.26. The van der Waals surface area contributed by atoms with Gasteiger partial charge in [-0.05, 0) is 44.5 Å². The molecule has 1 aromatic rings. The van der Waals surface area contributed by atoms with E-state index in [4.69, 9.17) is 0 Å². The molecule has 0 saturated carbocycles. The zero-order valence-electron chi connectivity index (χ0n) is 10.2. The van der Waals surface area contributed by atoms with Crippen LogP contribution in [0.2, 0.25) is 0 Å². The van der Waals surface area contributed by atoms with Crippen molar-refractivity contribution < 1.29 is 0 Å². The first kappa shape index (κ1) is 11.6. The second-order valence-electron chi connectivity index (χ2n) is 4.89. The Morgan fingerprint density at radius 3 is 2.81 bits per heavy atom. The molecule has 0 radical (unpaired) electrons. The average Bonchev–Trinajstić information content (AvgIpc) is 2.31. The van der Waals surface area contributed by atoms with Gasteiger partial charge in [0.05, 0.1) is 0 Å². The topological polar surface area (TPSA) is 15.3 Å². The summed E-state index contributed by atoms with van der Waals surface area (Å²) in [6.45, 7) is 4.68. The predicted octanol–water partition coefficient (Wildman–Crippen LogP) is 2.12. The molecule has 1 aromatic carbocycles. The summed E-state index contributed by atoms with van der Waals surface area (Å²) in [4.78, 5) is 2.44. The molecule has 0 unspecified atom stereocenters. The third-order valence-electron chi connectivity index (χ3n) is 3.26. The molecule has 2 heteroatoms. The minimum Gasteiger partial charge on any atom is -0.316 e. The van der Waals surface area contributed by atoms with Gasteiger partial charge in [-0.3, -0.25) is 0 Å². The fourth-order valence-corrected chi connectivity index (χ4v) is 2.48. The summed E-state index contributed by atoms with van der Waals surface area (Å²) in [5, 5.41) is 3.48. The number of nitrogens with one attached hydrogen (secondary N) is 1. The molecule has 0 bridgehead atoms. The first-order valence-corrected chi connectivity index (χ1v) is 6.28. The molecule has 1 atom stereocenters. The van der Waals surface area contributed by atoms with Crippen LogP contribution in [0, 0.1) is 5.92 Å². The van der Waals surface area contributed by atoms with Gasteiger partial charge in [0.25, 0.3) is 0 Å². The highest BCUT2D eigenvalue weighted by atomic mass is 15.1. The first-order valence-electron chi connectivity index (χ1n) is 6.28. The lowest BCUT2D eigenvalue weighted by Crippen LogP contribution is -2.36. The van der Waals surface area contributed by atoms with E-state index < -0.39 is 0 Å². The maximum Gasteiger partial charge on any atom is 0.0230 e. The van der Waals surface area contributed by atoms with E-state index in [2.05, 4.69) is 47.6 Å². The van der Waals surface area contributed by atoms with Gasteiger partial charge in [0, 0.05) is 13.1 Å². The number of benzene rings is 1. The summed E-state index contributed by atoms with van der Waals surface area (Å²) in [5.74, 6) is 0.836. The number of hydrogen-bond acceptors (Lipinski definition) is 2. The molecule has 1 saturated heterocycles. The Bertz CT molecular complexity index is 291. The number of nitrogens with zero attached hydrogens (tertiary/aromatic N) is 1. The highest BCUT2D eigenvalue weighted by Gasteiger charge is 2.14. The third kappa shape index (κ3) is 3.62. The van der Waals surface area contributed by atoms with Gasteiger partial charge < -0.3 is 10.2 Å². The zero-order valence-corrected chi connectivity index (χ0v) is 10.2. The van der Waals surface area contributed by atoms with Gasteiger partial charge in [-0.1, -0.05) is 30.3 Å². The van der Waals surface area contributed by atoms with Gasteiger partial charge >= 0.3 is 0 Å². The number of piperidine rings is 1. The molecular formula is C14H22N2. The van der Waals surface area contributed by atoms with Gasteiger partial charge in [-0.2, -0.15) is 0 Å². The molecule has 2 rings (SSSR count). The zero-order chi connectivity index (χ0) is 11.2. The molecule has 1 fully saturated rings. The molecular weight excluding hydrogens is 196 g/mol. The summed E-state index contributed by atoms with van der Waals surface area (Å²) in [5.41, 5.74) is 1.41. The van der Waals surface area contributed by atoms with Gasteiger partial charge in [0.1, 0.15) is 0 Å². The van der Waals surface area contributed by atoms with Crippen molar-refractivity contribution in [1.82, 2.24) is 10.2 Å². The molecule has 1 aliphatic rings. The van der Waals surface area contributed by atoms with Crippen LogP contribution in [0.5, 0.6) is 0 Å². The highest BCUT2D eigenvalue weighted by Crippen LogP contribution is 2.12. The lowest BCUT2D eigenvalue weighted by atomic mass is 9.99. The van der Waals surface area contributed by atoms with Crippen molar-refractivity contribution >= 4 is 0 Å². The van der Waals surface area contributed by atoms with E-state index in [1.54, 1.807) is 0 Å². The van der Waals surface area contributed by atoms with Crippen LogP contribution in [0.15, 0.2) is 30.3 Å². The molecule has 1 N–H and O–H groups in total. The van der Waals surface area contributed by atoms with Gasteiger partial charge in [0.15, 0.2) is 0 Å².